The van der Waals surface area contributed by atoms with Crippen molar-refractivity contribution < 1.29 is 29.4 Å². The third-order valence-electron chi connectivity index (χ3n) is 4.50. The number of amides is 3. The molecule has 0 aliphatic carbocycles. The SMILES string of the molecule is CC(C)C(NC(=O)C(CS)NC(=O)C(Cc1ccccc1)NC(=O)C(N)CO)C(=O)O. The number of aliphatic carboxylic acids is 1. The first kappa shape index (κ1) is 26.4. The molecule has 10 nitrogen and oxygen atoms in total. The predicted molar refractivity (Wildman–Crippen MR) is 117 cm³/mol. The maximum absolute atomic E-state index is 12.9. The van der Waals surface area contributed by atoms with E-state index in [-0.39, 0.29) is 18.1 Å². The van der Waals surface area contributed by atoms with Crippen LogP contribution in [0.5, 0.6) is 0 Å². The topological polar surface area (TPSA) is 171 Å². The van der Waals surface area contributed by atoms with E-state index >= 15 is 0 Å². The number of nitrogens with two attached hydrogens (primary N) is 1. The fourth-order valence-electron chi connectivity index (χ4n) is 2.65. The van der Waals surface area contributed by atoms with E-state index in [1.807, 2.05) is 0 Å². The van der Waals surface area contributed by atoms with E-state index in [2.05, 4.69) is 28.6 Å². The van der Waals surface area contributed by atoms with Crippen LogP contribution in [-0.2, 0) is 25.6 Å². The number of benzene rings is 1. The van der Waals surface area contributed by atoms with Crippen LogP contribution >= 0.6 is 12.6 Å². The fourth-order valence-corrected chi connectivity index (χ4v) is 2.91. The fraction of sp³-hybridized carbons (Fsp3) is 0.500. The second kappa shape index (κ2) is 12.9. The highest BCUT2D eigenvalue weighted by Crippen LogP contribution is 2.06. The molecule has 0 saturated carbocycles. The summed E-state index contributed by atoms with van der Waals surface area (Å²) in [6.45, 7) is 2.69. The van der Waals surface area contributed by atoms with Crippen LogP contribution in [0, 0.1) is 5.92 Å². The number of thiol groups is 1. The van der Waals surface area contributed by atoms with Gasteiger partial charge >= 0.3 is 5.97 Å². The largest absolute Gasteiger partial charge is 0.480 e. The summed E-state index contributed by atoms with van der Waals surface area (Å²) in [6.07, 6.45) is 0.112. The van der Waals surface area contributed by atoms with Gasteiger partial charge in [0, 0.05) is 12.2 Å². The standard InChI is InChI=1S/C20H30N4O6S/c1-11(2)16(20(29)30)24-19(28)15(10-31)23-18(27)14(22-17(26)13(21)9-25)8-12-6-4-3-5-7-12/h3-7,11,13-16,25,31H,8-10,21H2,1-2H3,(H,22,26)(H,23,27)(H,24,28)(H,29,30). The molecular formula is C20H30N4O6S. The van der Waals surface area contributed by atoms with Crippen LogP contribution in [0.15, 0.2) is 30.3 Å². The molecule has 0 heterocycles. The predicted octanol–water partition coefficient (Wildman–Crippen LogP) is -1.33. The Labute approximate surface area is 186 Å². The van der Waals surface area contributed by atoms with Gasteiger partial charge in [-0.1, -0.05) is 44.2 Å². The van der Waals surface area contributed by atoms with Gasteiger partial charge in [0.25, 0.3) is 0 Å². The highest BCUT2D eigenvalue weighted by molar-refractivity contribution is 7.80. The Morgan fingerprint density at radius 1 is 0.968 bits per heavy atom. The van der Waals surface area contributed by atoms with Gasteiger partial charge < -0.3 is 31.9 Å². The van der Waals surface area contributed by atoms with E-state index in [4.69, 9.17) is 10.8 Å². The van der Waals surface area contributed by atoms with Gasteiger partial charge in [-0.05, 0) is 11.5 Å². The molecule has 1 rings (SSSR count). The summed E-state index contributed by atoms with van der Waals surface area (Å²) in [6, 6.07) is 4.32. The van der Waals surface area contributed by atoms with E-state index in [1.54, 1.807) is 44.2 Å². The van der Waals surface area contributed by atoms with Crippen molar-refractivity contribution in [3.8, 4) is 0 Å². The van der Waals surface area contributed by atoms with Crippen LogP contribution < -0.4 is 21.7 Å². The van der Waals surface area contributed by atoms with Crippen molar-refractivity contribution in [3.63, 3.8) is 0 Å². The lowest BCUT2D eigenvalue weighted by Crippen LogP contribution is -2.58. The van der Waals surface area contributed by atoms with E-state index in [0.29, 0.717) is 0 Å². The molecule has 4 unspecified atom stereocenters. The molecule has 0 spiro atoms. The number of aliphatic hydroxyl groups is 1. The highest BCUT2D eigenvalue weighted by atomic mass is 32.1. The first-order valence-electron chi connectivity index (χ1n) is 9.75. The van der Waals surface area contributed by atoms with Gasteiger partial charge in [0.05, 0.1) is 6.61 Å². The normalized spacial score (nSPS) is 14.8. The Kier molecular flexibility index (Phi) is 11.0. The van der Waals surface area contributed by atoms with Crippen molar-refractivity contribution in [3.05, 3.63) is 35.9 Å². The van der Waals surface area contributed by atoms with E-state index in [0.717, 1.165) is 5.56 Å². The van der Waals surface area contributed by atoms with Crippen LogP contribution in [-0.4, -0.2) is 70.4 Å². The lowest BCUT2D eigenvalue weighted by molar-refractivity contribution is -0.143. The number of carboxylic acids is 1. The van der Waals surface area contributed by atoms with Gasteiger partial charge in [0.1, 0.15) is 24.2 Å². The minimum atomic E-state index is -1.21. The first-order chi connectivity index (χ1) is 14.6. The smallest absolute Gasteiger partial charge is 0.326 e. The van der Waals surface area contributed by atoms with Crippen LogP contribution in [0.25, 0.3) is 0 Å². The van der Waals surface area contributed by atoms with Crippen molar-refractivity contribution in [2.45, 2.75) is 44.4 Å². The van der Waals surface area contributed by atoms with Crippen LogP contribution in [0.4, 0.5) is 0 Å². The lowest BCUT2D eigenvalue weighted by Gasteiger charge is -2.25. The first-order valence-corrected chi connectivity index (χ1v) is 10.4. The summed E-state index contributed by atoms with van der Waals surface area (Å²) in [4.78, 5) is 48.8. The Morgan fingerprint density at radius 3 is 2.00 bits per heavy atom. The number of carboxylic acid groups (broad SMARTS) is 1. The minimum absolute atomic E-state index is 0.0931. The molecule has 1 aromatic rings. The zero-order valence-electron chi connectivity index (χ0n) is 17.4. The van der Waals surface area contributed by atoms with Crippen LogP contribution in [0.2, 0.25) is 0 Å². The van der Waals surface area contributed by atoms with Crippen molar-refractivity contribution >= 4 is 36.3 Å². The molecule has 0 radical (unpaired) electrons. The molecule has 0 fully saturated rings. The van der Waals surface area contributed by atoms with Gasteiger partial charge in [-0.25, -0.2) is 4.79 Å². The molecule has 31 heavy (non-hydrogen) atoms. The summed E-state index contributed by atoms with van der Waals surface area (Å²) in [5, 5.41) is 25.7. The van der Waals surface area contributed by atoms with Crippen molar-refractivity contribution in [1.82, 2.24) is 16.0 Å². The molecule has 0 aliphatic heterocycles. The Bertz CT molecular complexity index is 761. The Morgan fingerprint density at radius 2 is 1.52 bits per heavy atom. The monoisotopic (exact) mass is 454 g/mol. The van der Waals surface area contributed by atoms with Crippen molar-refractivity contribution in [2.24, 2.45) is 11.7 Å². The molecule has 3 amide bonds. The van der Waals surface area contributed by atoms with E-state index in [9.17, 15) is 24.3 Å². The number of hydrogen-bond acceptors (Lipinski definition) is 7. The van der Waals surface area contributed by atoms with E-state index < -0.39 is 54.5 Å². The molecule has 0 saturated heterocycles. The zero-order valence-corrected chi connectivity index (χ0v) is 18.3. The second-order valence-corrected chi connectivity index (χ2v) is 7.72. The molecule has 0 aliphatic rings. The Hall–Kier alpha value is -2.63. The lowest BCUT2D eigenvalue weighted by atomic mass is 10.0. The number of aliphatic hydroxyl groups excluding tert-OH is 1. The maximum atomic E-state index is 12.9. The number of carbonyl (C=O) groups excluding carboxylic acids is 3. The van der Waals surface area contributed by atoms with Crippen molar-refractivity contribution in [2.75, 3.05) is 12.4 Å². The summed E-state index contributed by atoms with van der Waals surface area (Å²) in [5.74, 6) is -3.77. The molecule has 1 aromatic carbocycles. The van der Waals surface area contributed by atoms with Crippen LogP contribution in [0.1, 0.15) is 19.4 Å². The molecule has 7 N–H and O–H groups in total. The number of hydrogen-bond donors (Lipinski definition) is 7. The number of carbonyl (C=O) groups is 4. The second-order valence-electron chi connectivity index (χ2n) is 7.35. The number of nitrogens with one attached hydrogen (secondary N) is 3. The summed E-state index contributed by atoms with van der Waals surface area (Å²) in [7, 11) is 0. The van der Waals surface area contributed by atoms with Gasteiger partial charge in [-0.3, -0.25) is 14.4 Å². The number of rotatable bonds is 12. The van der Waals surface area contributed by atoms with E-state index in [1.165, 1.54) is 0 Å². The Balaban J connectivity index is 2.96. The maximum Gasteiger partial charge on any atom is 0.326 e. The summed E-state index contributed by atoms with van der Waals surface area (Å²) in [5.41, 5.74) is 6.27. The van der Waals surface area contributed by atoms with Gasteiger partial charge in [0.15, 0.2) is 0 Å². The molecule has 4 atom stereocenters. The third kappa shape index (κ3) is 8.56. The minimum Gasteiger partial charge on any atom is -0.480 e. The zero-order chi connectivity index (χ0) is 23.6. The summed E-state index contributed by atoms with van der Waals surface area (Å²) >= 11 is 4.08. The average molecular weight is 455 g/mol. The van der Waals surface area contributed by atoms with Crippen molar-refractivity contribution in [1.29, 1.82) is 0 Å². The van der Waals surface area contributed by atoms with Gasteiger partial charge in [-0.15, -0.1) is 0 Å². The summed E-state index contributed by atoms with van der Waals surface area (Å²) < 4.78 is 0. The quantitative estimate of drug-likeness (QED) is 0.192. The van der Waals surface area contributed by atoms with Crippen LogP contribution in [0.3, 0.4) is 0 Å². The van der Waals surface area contributed by atoms with Gasteiger partial charge in [-0.2, -0.15) is 12.6 Å². The molecular weight excluding hydrogens is 424 g/mol. The molecule has 0 aromatic heterocycles. The third-order valence-corrected chi connectivity index (χ3v) is 4.86. The highest BCUT2D eigenvalue weighted by Gasteiger charge is 2.30. The molecule has 0 bridgehead atoms. The molecule has 172 valence electrons. The van der Waals surface area contributed by atoms with Gasteiger partial charge in [0.2, 0.25) is 17.7 Å². The molecule has 11 heteroatoms. The average Bonchev–Trinajstić information content (AvgIpc) is 2.74.